The van der Waals surface area contributed by atoms with Gasteiger partial charge in [0.1, 0.15) is 5.75 Å². The number of hydrogen-bond acceptors (Lipinski definition) is 3. The van der Waals surface area contributed by atoms with Crippen LogP contribution in [0.15, 0.2) is 12.1 Å². The van der Waals surface area contributed by atoms with Crippen LogP contribution in [0.3, 0.4) is 0 Å². The van der Waals surface area contributed by atoms with Crippen molar-refractivity contribution in [2.75, 3.05) is 0 Å². The fourth-order valence-electron chi connectivity index (χ4n) is 1.11. The summed E-state index contributed by atoms with van der Waals surface area (Å²) in [6, 6.07) is 2.86. The van der Waals surface area contributed by atoms with E-state index >= 15 is 0 Å². The molecule has 0 spiro atoms. The second-order valence-corrected chi connectivity index (χ2v) is 6.08. The van der Waals surface area contributed by atoms with Gasteiger partial charge in [0, 0.05) is 10.7 Å². The molecule has 0 amide bonds. The number of aryl methyl sites for hydroxylation is 1. The van der Waals surface area contributed by atoms with Crippen molar-refractivity contribution < 1.29 is 13.5 Å². The summed E-state index contributed by atoms with van der Waals surface area (Å²) in [5.41, 5.74) is 1.03. The Balaban J connectivity index is 3.14. The first-order valence-corrected chi connectivity index (χ1v) is 6.55. The predicted octanol–water partition coefficient (Wildman–Crippen LogP) is 2.42. The zero-order chi connectivity index (χ0) is 10.9. The molecular weight excluding hydrogens is 247 g/mol. The van der Waals surface area contributed by atoms with Crippen molar-refractivity contribution in [2.24, 2.45) is 0 Å². The van der Waals surface area contributed by atoms with Crippen molar-refractivity contribution in [1.82, 2.24) is 0 Å². The number of hydrogen-bond donors (Lipinski definition) is 1. The normalized spacial score (nSPS) is 11.6. The topological polar surface area (TPSA) is 54.4 Å². The zero-order valence-electron chi connectivity index (χ0n) is 7.29. The highest BCUT2D eigenvalue weighted by Crippen LogP contribution is 2.29. The van der Waals surface area contributed by atoms with Crippen molar-refractivity contribution in [3.63, 3.8) is 0 Å². The summed E-state index contributed by atoms with van der Waals surface area (Å²) in [5.74, 6) is -0.456. The molecule has 0 heterocycles. The van der Waals surface area contributed by atoms with Gasteiger partial charge in [0.2, 0.25) is 9.05 Å². The van der Waals surface area contributed by atoms with Gasteiger partial charge in [0.05, 0.1) is 10.8 Å². The van der Waals surface area contributed by atoms with Crippen molar-refractivity contribution in [3.8, 4) is 5.75 Å². The Labute approximate surface area is 91.7 Å². The summed E-state index contributed by atoms with van der Waals surface area (Å²) in [6.45, 7) is 1.67. The lowest BCUT2D eigenvalue weighted by molar-refractivity contribution is 0.474. The molecule has 1 rings (SSSR count). The number of phenols is 1. The summed E-state index contributed by atoms with van der Waals surface area (Å²) < 4.78 is 21.5. The Morgan fingerprint density at radius 2 is 2.00 bits per heavy atom. The molecule has 1 aromatic carbocycles. The number of aromatic hydroxyl groups is 1. The van der Waals surface area contributed by atoms with Crippen LogP contribution in [0.1, 0.15) is 11.1 Å². The Bertz CT molecular complexity index is 431. The summed E-state index contributed by atoms with van der Waals surface area (Å²) in [7, 11) is 1.46. The second kappa shape index (κ2) is 3.96. The van der Waals surface area contributed by atoms with Crippen LogP contribution in [-0.2, 0) is 14.8 Å². The van der Waals surface area contributed by atoms with Crippen molar-refractivity contribution in [3.05, 3.63) is 28.3 Å². The maximum absolute atomic E-state index is 10.8. The van der Waals surface area contributed by atoms with E-state index in [1.165, 1.54) is 6.07 Å². The molecule has 0 aliphatic heterocycles. The largest absolute Gasteiger partial charge is 0.506 e. The van der Waals surface area contributed by atoms with Gasteiger partial charge in [-0.15, -0.1) is 0 Å². The molecule has 78 valence electrons. The first kappa shape index (κ1) is 11.6. The van der Waals surface area contributed by atoms with Crippen LogP contribution in [-0.4, -0.2) is 13.5 Å². The third-order valence-electron chi connectivity index (χ3n) is 1.63. The van der Waals surface area contributed by atoms with Crippen LogP contribution in [0.25, 0.3) is 0 Å². The zero-order valence-corrected chi connectivity index (χ0v) is 9.62. The minimum Gasteiger partial charge on any atom is -0.506 e. The van der Waals surface area contributed by atoms with Gasteiger partial charge >= 0.3 is 0 Å². The molecular formula is C8H8Cl2O3S. The minimum atomic E-state index is -3.61. The Kier molecular flexibility index (Phi) is 3.29. The smallest absolute Gasteiger partial charge is 0.236 e. The second-order valence-electron chi connectivity index (χ2n) is 2.93. The molecule has 1 aromatic rings. The molecule has 6 heteroatoms. The SMILES string of the molecule is Cc1cc(CS(=O)(=O)Cl)cc(O)c1Cl. The summed E-state index contributed by atoms with van der Waals surface area (Å²) >= 11 is 5.69. The van der Waals surface area contributed by atoms with E-state index in [1.54, 1.807) is 13.0 Å². The Morgan fingerprint density at radius 3 is 2.43 bits per heavy atom. The Hall–Kier alpha value is -0.450. The number of halogens is 2. The van der Waals surface area contributed by atoms with E-state index in [-0.39, 0.29) is 16.5 Å². The van der Waals surface area contributed by atoms with Crippen LogP contribution >= 0.6 is 22.3 Å². The van der Waals surface area contributed by atoms with E-state index in [1.807, 2.05) is 0 Å². The summed E-state index contributed by atoms with van der Waals surface area (Å²) in [4.78, 5) is 0. The highest BCUT2D eigenvalue weighted by Gasteiger charge is 2.10. The van der Waals surface area contributed by atoms with Crippen LogP contribution in [0.4, 0.5) is 0 Å². The van der Waals surface area contributed by atoms with Gasteiger partial charge < -0.3 is 5.11 Å². The molecule has 0 saturated heterocycles. The third kappa shape index (κ3) is 3.04. The number of phenolic OH excluding ortho intramolecular Hbond substituents is 1. The van der Waals surface area contributed by atoms with Crippen LogP contribution < -0.4 is 0 Å². The van der Waals surface area contributed by atoms with Gasteiger partial charge in [-0.05, 0) is 24.1 Å². The van der Waals surface area contributed by atoms with E-state index < -0.39 is 9.05 Å². The predicted molar refractivity (Wildman–Crippen MR) is 56.3 cm³/mol. The van der Waals surface area contributed by atoms with Crippen LogP contribution in [0, 0.1) is 6.92 Å². The molecule has 0 saturated carbocycles. The molecule has 1 N–H and O–H groups in total. The minimum absolute atomic E-state index is 0.137. The molecule has 3 nitrogen and oxygen atoms in total. The van der Waals surface area contributed by atoms with E-state index in [9.17, 15) is 13.5 Å². The van der Waals surface area contributed by atoms with Crippen LogP contribution in [0.2, 0.25) is 5.02 Å². The first-order valence-electron chi connectivity index (χ1n) is 3.70. The molecule has 0 fully saturated rings. The monoisotopic (exact) mass is 254 g/mol. The average Bonchev–Trinajstić information content (AvgIpc) is 1.96. The average molecular weight is 255 g/mol. The number of benzene rings is 1. The Morgan fingerprint density at radius 1 is 1.43 bits per heavy atom. The maximum Gasteiger partial charge on any atom is 0.236 e. The standard InChI is InChI=1S/C8H8Cl2O3S/c1-5-2-6(4-14(10,12)13)3-7(11)8(5)9/h2-3,11H,4H2,1H3. The maximum atomic E-state index is 10.8. The molecule has 0 aliphatic carbocycles. The van der Waals surface area contributed by atoms with E-state index in [0.717, 1.165) is 0 Å². The van der Waals surface area contributed by atoms with E-state index in [4.69, 9.17) is 22.3 Å². The molecule has 0 aliphatic rings. The highest BCUT2D eigenvalue weighted by atomic mass is 35.7. The quantitative estimate of drug-likeness (QED) is 0.825. The van der Waals surface area contributed by atoms with Gasteiger partial charge in [-0.1, -0.05) is 17.7 Å². The third-order valence-corrected chi connectivity index (χ3v) is 3.13. The fourth-order valence-corrected chi connectivity index (χ4v) is 2.16. The van der Waals surface area contributed by atoms with Gasteiger partial charge in [-0.2, -0.15) is 0 Å². The summed E-state index contributed by atoms with van der Waals surface area (Å²) in [6.07, 6.45) is 0. The molecule has 0 bridgehead atoms. The molecule has 14 heavy (non-hydrogen) atoms. The summed E-state index contributed by atoms with van der Waals surface area (Å²) in [5, 5.41) is 9.53. The molecule has 0 atom stereocenters. The van der Waals surface area contributed by atoms with Crippen LogP contribution in [0.5, 0.6) is 5.75 Å². The molecule has 0 radical (unpaired) electrons. The lowest BCUT2D eigenvalue weighted by atomic mass is 10.1. The van der Waals surface area contributed by atoms with E-state index in [2.05, 4.69) is 0 Å². The fraction of sp³-hybridized carbons (Fsp3) is 0.250. The van der Waals surface area contributed by atoms with Crippen molar-refractivity contribution >= 4 is 31.3 Å². The lowest BCUT2D eigenvalue weighted by Gasteiger charge is -2.04. The highest BCUT2D eigenvalue weighted by molar-refractivity contribution is 8.13. The number of rotatable bonds is 2. The lowest BCUT2D eigenvalue weighted by Crippen LogP contribution is -1.95. The van der Waals surface area contributed by atoms with Crippen molar-refractivity contribution in [1.29, 1.82) is 0 Å². The van der Waals surface area contributed by atoms with Gasteiger partial charge in [0.15, 0.2) is 0 Å². The van der Waals surface area contributed by atoms with Gasteiger partial charge in [-0.25, -0.2) is 8.42 Å². The van der Waals surface area contributed by atoms with Gasteiger partial charge in [0.25, 0.3) is 0 Å². The van der Waals surface area contributed by atoms with Gasteiger partial charge in [-0.3, -0.25) is 0 Å². The first-order chi connectivity index (χ1) is 6.29. The van der Waals surface area contributed by atoms with Crippen molar-refractivity contribution in [2.45, 2.75) is 12.7 Å². The molecule has 0 unspecified atom stereocenters. The van der Waals surface area contributed by atoms with E-state index in [0.29, 0.717) is 11.1 Å². The molecule has 0 aromatic heterocycles.